The second-order valence-electron chi connectivity index (χ2n) is 5.32. The summed E-state index contributed by atoms with van der Waals surface area (Å²) in [7, 11) is 1.65. The van der Waals surface area contributed by atoms with Gasteiger partial charge in [-0.05, 0) is 17.4 Å². The number of amides is 2. The summed E-state index contributed by atoms with van der Waals surface area (Å²) < 4.78 is 6.73. The van der Waals surface area contributed by atoms with Gasteiger partial charge in [0.25, 0.3) is 0 Å². The van der Waals surface area contributed by atoms with Gasteiger partial charge in [-0.1, -0.05) is 19.9 Å². The zero-order valence-electron chi connectivity index (χ0n) is 13.1. The predicted molar refractivity (Wildman–Crippen MR) is 88.2 cm³/mol. The molecule has 7 heteroatoms. The minimum absolute atomic E-state index is 0.00327. The molecule has 2 amide bonds. The molecule has 0 aliphatic rings. The van der Waals surface area contributed by atoms with Crippen LogP contribution in [0.2, 0.25) is 0 Å². The van der Waals surface area contributed by atoms with Crippen molar-refractivity contribution >= 4 is 23.1 Å². The van der Waals surface area contributed by atoms with E-state index in [1.54, 1.807) is 35.5 Å². The first-order valence-electron chi connectivity index (χ1n) is 7.22. The third-order valence-electron chi connectivity index (χ3n) is 3.22. The molecule has 0 bridgehead atoms. The number of ether oxygens (including phenoxy) is 1. The lowest BCUT2D eigenvalue weighted by Crippen LogP contribution is -2.34. The number of anilines is 1. The van der Waals surface area contributed by atoms with Gasteiger partial charge in [0.1, 0.15) is 0 Å². The van der Waals surface area contributed by atoms with Gasteiger partial charge in [0.2, 0.25) is 0 Å². The van der Waals surface area contributed by atoms with E-state index in [0.29, 0.717) is 24.8 Å². The van der Waals surface area contributed by atoms with Gasteiger partial charge in [0.05, 0.1) is 31.1 Å². The van der Waals surface area contributed by atoms with E-state index in [9.17, 15) is 4.79 Å². The number of hydrogen-bond acceptors (Lipinski definition) is 4. The highest BCUT2D eigenvalue weighted by Crippen LogP contribution is 2.25. The number of carbonyl (C=O) groups excluding carboxylic acids is 1. The Morgan fingerprint density at radius 1 is 1.50 bits per heavy atom. The smallest absolute Gasteiger partial charge is 0.319 e. The Morgan fingerprint density at radius 2 is 2.32 bits per heavy atom. The number of nitrogens with one attached hydrogen (secondary N) is 2. The molecule has 6 nitrogen and oxygen atoms in total. The summed E-state index contributed by atoms with van der Waals surface area (Å²) in [5.74, 6) is 0.314. The number of carbonyl (C=O) groups is 1. The van der Waals surface area contributed by atoms with Gasteiger partial charge < -0.3 is 15.4 Å². The van der Waals surface area contributed by atoms with Crippen LogP contribution in [0.25, 0.3) is 0 Å². The van der Waals surface area contributed by atoms with E-state index < -0.39 is 0 Å². The summed E-state index contributed by atoms with van der Waals surface area (Å²) in [6, 6.07) is 3.81. The van der Waals surface area contributed by atoms with Gasteiger partial charge in [-0.2, -0.15) is 5.10 Å². The average Bonchev–Trinajstić information content (AvgIpc) is 3.14. The van der Waals surface area contributed by atoms with Crippen LogP contribution >= 0.6 is 11.3 Å². The second kappa shape index (κ2) is 7.95. The highest BCUT2D eigenvalue weighted by atomic mass is 32.1. The number of rotatable bonds is 7. The van der Waals surface area contributed by atoms with Gasteiger partial charge in [0, 0.05) is 18.2 Å². The maximum atomic E-state index is 12.2. The number of methoxy groups -OCH3 is 1. The summed E-state index contributed by atoms with van der Waals surface area (Å²) in [6.45, 7) is 5.42. The predicted octanol–water partition coefficient (Wildman–Crippen LogP) is 3.11. The quantitative estimate of drug-likeness (QED) is 0.823. The lowest BCUT2D eigenvalue weighted by atomic mass is 10.0. The molecule has 1 atom stereocenters. The van der Waals surface area contributed by atoms with Gasteiger partial charge >= 0.3 is 6.03 Å². The Morgan fingerprint density at radius 3 is 2.95 bits per heavy atom. The molecule has 2 aromatic rings. The maximum Gasteiger partial charge on any atom is 0.319 e. The standard InChI is InChI=1S/C15H22N4O2S/c1-11(2)14(13-5-4-8-22-13)18-15(20)17-12-9-16-19(10-12)6-7-21-3/h4-5,8-11,14H,6-7H2,1-3H3,(H2,17,18,20)/t14-/m0/s1. The average molecular weight is 322 g/mol. The van der Waals surface area contributed by atoms with Crippen molar-refractivity contribution in [1.29, 1.82) is 0 Å². The van der Waals surface area contributed by atoms with E-state index in [1.807, 2.05) is 17.5 Å². The highest BCUT2D eigenvalue weighted by molar-refractivity contribution is 7.10. The van der Waals surface area contributed by atoms with Crippen molar-refractivity contribution in [3.05, 3.63) is 34.8 Å². The third-order valence-corrected chi connectivity index (χ3v) is 4.17. The van der Waals surface area contributed by atoms with Crippen molar-refractivity contribution in [2.75, 3.05) is 19.0 Å². The SMILES string of the molecule is COCCn1cc(NC(=O)N[C@H](c2cccs2)C(C)C)cn1. The fraction of sp³-hybridized carbons (Fsp3) is 0.467. The summed E-state index contributed by atoms with van der Waals surface area (Å²) in [4.78, 5) is 13.3. The Kier molecular flexibility index (Phi) is 5.97. The van der Waals surface area contributed by atoms with Crippen LogP contribution in [0.5, 0.6) is 0 Å². The monoisotopic (exact) mass is 322 g/mol. The van der Waals surface area contributed by atoms with Crippen molar-refractivity contribution in [3.8, 4) is 0 Å². The second-order valence-corrected chi connectivity index (χ2v) is 6.30. The minimum Gasteiger partial charge on any atom is -0.383 e. The van der Waals surface area contributed by atoms with Crippen LogP contribution < -0.4 is 10.6 Å². The van der Waals surface area contributed by atoms with E-state index >= 15 is 0 Å². The van der Waals surface area contributed by atoms with Crippen molar-refractivity contribution in [1.82, 2.24) is 15.1 Å². The molecule has 120 valence electrons. The van der Waals surface area contributed by atoms with Crippen molar-refractivity contribution in [2.24, 2.45) is 5.92 Å². The van der Waals surface area contributed by atoms with Gasteiger partial charge in [-0.3, -0.25) is 4.68 Å². The first kappa shape index (κ1) is 16.5. The van der Waals surface area contributed by atoms with Gasteiger partial charge in [-0.15, -0.1) is 11.3 Å². The number of aromatic nitrogens is 2. The fourth-order valence-corrected chi connectivity index (χ4v) is 3.03. The van der Waals surface area contributed by atoms with Crippen LogP contribution in [-0.2, 0) is 11.3 Å². The molecule has 2 heterocycles. The zero-order chi connectivity index (χ0) is 15.9. The van der Waals surface area contributed by atoms with Crippen LogP contribution in [0, 0.1) is 5.92 Å². The first-order valence-corrected chi connectivity index (χ1v) is 8.10. The van der Waals surface area contributed by atoms with E-state index in [-0.39, 0.29) is 12.1 Å². The molecule has 0 aliphatic carbocycles. The van der Waals surface area contributed by atoms with Gasteiger partial charge in [-0.25, -0.2) is 4.79 Å². The Bertz CT molecular complexity index is 580. The van der Waals surface area contributed by atoms with Crippen LogP contribution in [0.3, 0.4) is 0 Å². The summed E-state index contributed by atoms with van der Waals surface area (Å²) >= 11 is 1.65. The van der Waals surface area contributed by atoms with Crippen LogP contribution in [0.4, 0.5) is 10.5 Å². The topological polar surface area (TPSA) is 68.2 Å². The molecule has 0 spiro atoms. The Hall–Kier alpha value is -1.86. The van der Waals surface area contributed by atoms with Crippen molar-refractivity contribution < 1.29 is 9.53 Å². The van der Waals surface area contributed by atoms with E-state index in [4.69, 9.17) is 4.74 Å². The molecule has 2 rings (SSSR count). The van der Waals surface area contributed by atoms with Crippen molar-refractivity contribution in [3.63, 3.8) is 0 Å². The van der Waals surface area contributed by atoms with E-state index in [2.05, 4.69) is 29.6 Å². The van der Waals surface area contributed by atoms with Crippen LogP contribution in [-0.4, -0.2) is 29.5 Å². The van der Waals surface area contributed by atoms with E-state index in [1.165, 1.54) is 0 Å². The highest BCUT2D eigenvalue weighted by Gasteiger charge is 2.19. The number of nitrogens with zero attached hydrogens (tertiary/aromatic N) is 2. The number of urea groups is 1. The lowest BCUT2D eigenvalue weighted by Gasteiger charge is -2.21. The molecule has 0 aromatic carbocycles. The fourth-order valence-electron chi connectivity index (χ4n) is 2.08. The molecule has 0 unspecified atom stereocenters. The van der Waals surface area contributed by atoms with Gasteiger partial charge in [0.15, 0.2) is 0 Å². The third kappa shape index (κ3) is 4.57. The molecule has 0 saturated carbocycles. The number of hydrogen-bond donors (Lipinski definition) is 2. The molecule has 0 saturated heterocycles. The lowest BCUT2D eigenvalue weighted by molar-refractivity contribution is 0.183. The van der Waals surface area contributed by atoms with Crippen molar-refractivity contribution in [2.45, 2.75) is 26.4 Å². The van der Waals surface area contributed by atoms with Crippen LogP contribution in [0.1, 0.15) is 24.8 Å². The molecule has 22 heavy (non-hydrogen) atoms. The first-order chi connectivity index (χ1) is 10.6. The number of thiophene rings is 1. The minimum atomic E-state index is -0.224. The van der Waals surface area contributed by atoms with Crippen LogP contribution in [0.15, 0.2) is 29.9 Å². The van der Waals surface area contributed by atoms with E-state index in [0.717, 1.165) is 4.88 Å². The molecular weight excluding hydrogens is 300 g/mol. The summed E-state index contributed by atoms with van der Waals surface area (Å²) in [5, 5.41) is 12.0. The molecule has 0 radical (unpaired) electrons. The molecule has 2 aromatic heterocycles. The molecular formula is C15H22N4O2S. The zero-order valence-corrected chi connectivity index (χ0v) is 13.9. The molecule has 2 N–H and O–H groups in total. The Balaban J connectivity index is 1.92. The summed E-state index contributed by atoms with van der Waals surface area (Å²) in [6.07, 6.45) is 3.42. The molecule has 0 fully saturated rings. The maximum absolute atomic E-state index is 12.2. The summed E-state index contributed by atoms with van der Waals surface area (Å²) in [5.41, 5.74) is 0.669. The Labute approximate surface area is 134 Å². The molecule has 0 aliphatic heterocycles. The normalized spacial score (nSPS) is 12.4. The largest absolute Gasteiger partial charge is 0.383 e.